The molecule has 0 amide bonds. The summed E-state index contributed by atoms with van der Waals surface area (Å²) in [6, 6.07) is 2.21. The van der Waals surface area contributed by atoms with E-state index in [0.29, 0.717) is 12.2 Å². The van der Waals surface area contributed by atoms with Gasteiger partial charge in [0.05, 0.1) is 18.0 Å². The van der Waals surface area contributed by atoms with Gasteiger partial charge in [-0.3, -0.25) is 5.01 Å². The van der Waals surface area contributed by atoms with E-state index in [2.05, 4.69) is 26.6 Å². The first-order chi connectivity index (χ1) is 10.7. The van der Waals surface area contributed by atoms with Crippen molar-refractivity contribution in [3.8, 4) is 6.07 Å². The number of nitriles is 1. The maximum atomic E-state index is 9.01. The molecule has 1 aromatic rings. The number of tetrazole rings is 1. The normalized spacial score (nSPS) is 20.8. The molecule has 0 fully saturated rings. The standard InChI is InChI=1S/C15H19N7/c1-3-10-21(2)17-12-15-18-20-22(19-15)14-7-5-4-6-13(11-16)8-9-14/h3,6,9-10,12H,4-5,7-8H2,1-2H3/b10-3-,13-6+,14-9+,17-12+. The van der Waals surface area contributed by atoms with Crippen LogP contribution < -0.4 is 0 Å². The number of hydrogen-bond acceptors (Lipinski definition) is 6. The molecule has 0 N–H and O–H groups in total. The second-order valence-corrected chi connectivity index (χ2v) is 4.87. The molecule has 22 heavy (non-hydrogen) atoms. The fourth-order valence-electron chi connectivity index (χ4n) is 2.04. The van der Waals surface area contributed by atoms with E-state index < -0.39 is 0 Å². The number of nitrogens with zero attached hydrogens (tertiary/aromatic N) is 7. The van der Waals surface area contributed by atoms with Crippen molar-refractivity contribution in [2.45, 2.75) is 32.6 Å². The summed E-state index contributed by atoms with van der Waals surface area (Å²) in [7, 11) is 1.83. The van der Waals surface area contributed by atoms with Crippen LogP contribution in [-0.4, -0.2) is 38.5 Å². The number of hydrazone groups is 1. The highest BCUT2D eigenvalue weighted by molar-refractivity contribution is 5.73. The van der Waals surface area contributed by atoms with Crippen LogP contribution in [0.3, 0.4) is 0 Å². The topological polar surface area (TPSA) is 83.0 Å². The van der Waals surface area contributed by atoms with Gasteiger partial charge in [0, 0.05) is 25.2 Å². The third-order valence-corrected chi connectivity index (χ3v) is 3.14. The van der Waals surface area contributed by atoms with Crippen LogP contribution in [0.5, 0.6) is 0 Å². The van der Waals surface area contributed by atoms with Crippen LogP contribution in [-0.2, 0) is 0 Å². The van der Waals surface area contributed by atoms with E-state index in [1.54, 1.807) is 11.2 Å². The number of hydrogen-bond donors (Lipinski definition) is 0. The molecule has 0 aliphatic heterocycles. The van der Waals surface area contributed by atoms with E-state index in [4.69, 9.17) is 5.26 Å². The van der Waals surface area contributed by atoms with Gasteiger partial charge in [0.2, 0.25) is 5.82 Å². The third kappa shape index (κ3) is 4.38. The fraction of sp³-hybridized carbons (Fsp3) is 0.400. The first-order valence-electron chi connectivity index (χ1n) is 7.21. The second-order valence-electron chi connectivity index (χ2n) is 4.87. The Labute approximate surface area is 129 Å². The van der Waals surface area contributed by atoms with Gasteiger partial charge in [-0.1, -0.05) is 18.2 Å². The van der Waals surface area contributed by atoms with Crippen molar-refractivity contribution in [2.75, 3.05) is 7.05 Å². The largest absolute Gasteiger partial charge is 0.276 e. The monoisotopic (exact) mass is 297 g/mol. The molecule has 2 rings (SSSR count). The lowest BCUT2D eigenvalue weighted by atomic mass is 10.0. The Morgan fingerprint density at radius 2 is 2.32 bits per heavy atom. The number of rotatable bonds is 4. The van der Waals surface area contributed by atoms with E-state index in [1.807, 2.05) is 38.4 Å². The van der Waals surface area contributed by atoms with Gasteiger partial charge in [0.15, 0.2) is 0 Å². The number of aromatic nitrogens is 4. The summed E-state index contributed by atoms with van der Waals surface area (Å²) in [4.78, 5) is 1.53. The first-order valence-corrected chi connectivity index (χ1v) is 7.21. The molecule has 1 aliphatic rings. The average molecular weight is 297 g/mol. The van der Waals surface area contributed by atoms with E-state index in [-0.39, 0.29) is 0 Å². The molecular weight excluding hydrogens is 278 g/mol. The molecule has 7 heteroatoms. The lowest BCUT2D eigenvalue weighted by Gasteiger charge is -2.07. The van der Waals surface area contributed by atoms with E-state index >= 15 is 0 Å². The summed E-state index contributed by atoms with van der Waals surface area (Å²) in [6.07, 6.45) is 12.6. The Balaban J connectivity index is 2.10. The van der Waals surface area contributed by atoms with Gasteiger partial charge in [-0.15, -0.1) is 15.0 Å². The maximum Gasteiger partial charge on any atom is 0.218 e. The Morgan fingerprint density at radius 1 is 1.45 bits per heavy atom. The molecule has 0 aromatic carbocycles. The summed E-state index contributed by atoms with van der Waals surface area (Å²) in [5, 5.41) is 27.2. The molecule has 1 heterocycles. The van der Waals surface area contributed by atoms with Crippen molar-refractivity contribution in [3.63, 3.8) is 0 Å². The minimum absolute atomic E-state index is 0.454. The summed E-state index contributed by atoms with van der Waals surface area (Å²) >= 11 is 0. The Morgan fingerprint density at radius 3 is 3.09 bits per heavy atom. The van der Waals surface area contributed by atoms with E-state index in [1.165, 1.54) is 4.80 Å². The molecule has 0 spiro atoms. The van der Waals surface area contributed by atoms with Gasteiger partial charge >= 0.3 is 0 Å². The lowest BCUT2D eigenvalue weighted by molar-refractivity contribution is 0.492. The zero-order valence-electron chi connectivity index (χ0n) is 12.8. The highest BCUT2D eigenvalue weighted by atomic mass is 15.6. The summed E-state index contributed by atoms with van der Waals surface area (Å²) in [5.74, 6) is 0.454. The van der Waals surface area contributed by atoms with Crippen LogP contribution in [0.4, 0.5) is 0 Å². The molecule has 1 aliphatic carbocycles. The molecule has 114 valence electrons. The van der Waals surface area contributed by atoms with Gasteiger partial charge in [-0.25, -0.2) is 0 Å². The van der Waals surface area contributed by atoms with Gasteiger partial charge in [-0.2, -0.15) is 10.4 Å². The second kappa shape index (κ2) is 7.88. The first kappa shape index (κ1) is 15.6. The van der Waals surface area contributed by atoms with Crippen LogP contribution in [0.1, 0.15) is 38.4 Å². The van der Waals surface area contributed by atoms with Crippen molar-refractivity contribution >= 4 is 11.9 Å². The Kier molecular flexibility index (Phi) is 5.60. The molecule has 0 bridgehead atoms. The SMILES string of the molecule is C/C=C\N(C)/N=C/c1nnn(/C2=C/C/C(C#N)=C\CCC2)n1. The Bertz CT molecular complexity index is 658. The van der Waals surface area contributed by atoms with Gasteiger partial charge in [0.1, 0.15) is 0 Å². The number of allylic oxidation sites excluding steroid dienone is 5. The molecule has 7 nitrogen and oxygen atoms in total. The minimum Gasteiger partial charge on any atom is -0.276 e. The van der Waals surface area contributed by atoms with Crippen LogP contribution in [0.25, 0.3) is 5.70 Å². The van der Waals surface area contributed by atoms with Gasteiger partial charge < -0.3 is 0 Å². The lowest BCUT2D eigenvalue weighted by Crippen LogP contribution is -2.04. The highest BCUT2D eigenvalue weighted by Crippen LogP contribution is 2.18. The maximum absolute atomic E-state index is 9.01. The highest BCUT2D eigenvalue weighted by Gasteiger charge is 2.09. The van der Waals surface area contributed by atoms with Crippen molar-refractivity contribution in [1.82, 2.24) is 25.2 Å². The predicted molar refractivity (Wildman–Crippen MR) is 84.4 cm³/mol. The van der Waals surface area contributed by atoms with Crippen LogP contribution in [0.2, 0.25) is 0 Å². The predicted octanol–water partition coefficient (Wildman–Crippen LogP) is 2.34. The van der Waals surface area contributed by atoms with Gasteiger partial charge in [0.25, 0.3) is 0 Å². The van der Waals surface area contributed by atoms with Crippen molar-refractivity contribution in [2.24, 2.45) is 5.10 Å². The average Bonchev–Trinajstić information content (AvgIpc) is 2.94. The Hall–Kier alpha value is -2.75. The van der Waals surface area contributed by atoms with Crippen LogP contribution >= 0.6 is 0 Å². The summed E-state index contributed by atoms with van der Waals surface area (Å²) in [5.41, 5.74) is 1.75. The van der Waals surface area contributed by atoms with Gasteiger partial charge in [-0.05, 0) is 31.4 Å². The quantitative estimate of drug-likeness (QED) is 0.629. The van der Waals surface area contributed by atoms with Crippen molar-refractivity contribution < 1.29 is 0 Å². The van der Waals surface area contributed by atoms with E-state index in [0.717, 1.165) is 30.5 Å². The third-order valence-electron chi connectivity index (χ3n) is 3.14. The molecule has 0 atom stereocenters. The molecule has 1 aromatic heterocycles. The molecule has 0 saturated heterocycles. The fourth-order valence-corrected chi connectivity index (χ4v) is 2.04. The summed E-state index contributed by atoms with van der Waals surface area (Å²) in [6.45, 7) is 1.92. The van der Waals surface area contributed by atoms with Crippen molar-refractivity contribution in [3.05, 3.63) is 35.8 Å². The molecule has 0 radical (unpaired) electrons. The molecule has 0 saturated carbocycles. The smallest absolute Gasteiger partial charge is 0.218 e. The van der Waals surface area contributed by atoms with Crippen LogP contribution in [0, 0.1) is 11.3 Å². The zero-order chi connectivity index (χ0) is 15.8. The zero-order valence-corrected chi connectivity index (χ0v) is 12.8. The van der Waals surface area contributed by atoms with Crippen molar-refractivity contribution in [1.29, 1.82) is 5.26 Å². The minimum atomic E-state index is 0.454. The van der Waals surface area contributed by atoms with Crippen LogP contribution in [0.15, 0.2) is 35.1 Å². The molecule has 0 unspecified atom stereocenters. The summed E-state index contributed by atoms with van der Waals surface area (Å²) < 4.78 is 0. The molecular formula is C15H19N7. The van der Waals surface area contributed by atoms with E-state index in [9.17, 15) is 0 Å².